The molecule has 0 atom stereocenters. The topological polar surface area (TPSA) is 73.4 Å². The summed E-state index contributed by atoms with van der Waals surface area (Å²) in [5.74, 6) is 0.00808. The third-order valence-electron chi connectivity index (χ3n) is 3.07. The molecule has 0 aliphatic carbocycles. The van der Waals surface area contributed by atoms with E-state index >= 15 is 0 Å². The number of nitrogens with two attached hydrogens (primary N) is 1. The van der Waals surface area contributed by atoms with E-state index in [-0.39, 0.29) is 17.9 Å². The van der Waals surface area contributed by atoms with Gasteiger partial charge >= 0.3 is 6.03 Å². The summed E-state index contributed by atoms with van der Waals surface area (Å²) in [6.45, 7) is 8.77. The lowest BCUT2D eigenvalue weighted by Crippen LogP contribution is -2.50. The van der Waals surface area contributed by atoms with E-state index in [1.165, 1.54) is 4.90 Å². The number of nitrogens with one attached hydrogen (secondary N) is 1. The van der Waals surface area contributed by atoms with Crippen molar-refractivity contribution in [3.8, 4) is 0 Å². The van der Waals surface area contributed by atoms with Crippen molar-refractivity contribution in [3.05, 3.63) is 28.2 Å². The molecule has 1 rings (SSSR count). The van der Waals surface area contributed by atoms with Gasteiger partial charge in [0.05, 0.1) is 5.69 Å². The van der Waals surface area contributed by atoms with Gasteiger partial charge in [-0.15, -0.1) is 0 Å². The van der Waals surface area contributed by atoms with E-state index in [0.717, 1.165) is 15.7 Å². The van der Waals surface area contributed by atoms with Crippen molar-refractivity contribution in [2.45, 2.75) is 27.7 Å². The zero-order valence-corrected chi connectivity index (χ0v) is 14.6. The third-order valence-corrected chi connectivity index (χ3v) is 3.71. The van der Waals surface area contributed by atoms with Gasteiger partial charge in [0.1, 0.15) is 0 Å². The second-order valence-electron chi connectivity index (χ2n) is 5.32. The number of carbonyl (C=O) groups excluding carboxylic acids is 1. The summed E-state index contributed by atoms with van der Waals surface area (Å²) in [5.41, 5.74) is 7.40. The molecule has 1 aromatic carbocycles. The van der Waals surface area contributed by atoms with Gasteiger partial charge in [-0.1, -0.05) is 26.0 Å². The first-order valence-corrected chi connectivity index (χ1v) is 7.77. The number of aryl methyl sites for hydroxylation is 1. The van der Waals surface area contributed by atoms with Crippen LogP contribution >= 0.6 is 15.9 Å². The molecule has 0 heterocycles. The molecule has 0 spiro atoms. The van der Waals surface area contributed by atoms with Crippen LogP contribution in [0.2, 0.25) is 0 Å². The Balaban J connectivity index is 3.19. The van der Waals surface area contributed by atoms with Crippen molar-refractivity contribution in [2.75, 3.05) is 18.0 Å². The number of hydrogen-bond donors (Lipinski definition) is 2. The average Bonchev–Trinajstić information content (AvgIpc) is 2.39. The molecule has 21 heavy (non-hydrogen) atoms. The first-order chi connectivity index (χ1) is 9.79. The highest BCUT2D eigenvalue weighted by Crippen LogP contribution is 2.30. The number of guanidine groups is 1. The zero-order chi connectivity index (χ0) is 16.2. The minimum Gasteiger partial charge on any atom is -0.370 e. The van der Waals surface area contributed by atoms with Crippen LogP contribution in [0.15, 0.2) is 22.7 Å². The minimum atomic E-state index is -0.270. The van der Waals surface area contributed by atoms with E-state index < -0.39 is 0 Å². The maximum atomic E-state index is 12.8. The fourth-order valence-corrected chi connectivity index (χ4v) is 2.82. The van der Waals surface area contributed by atoms with Crippen molar-refractivity contribution >= 4 is 33.6 Å². The SMILES string of the molecule is CCN(C(=O)N(CC(C)C)C(=N)N)c1c(C)cccc1Br. The summed E-state index contributed by atoms with van der Waals surface area (Å²) < 4.78 is 0.853. The van der Waals surface area contributed by atoms with Crippen LogP contribution < -0.4 is 10.6 Å². The first kappa shape index (κ1) is 17.5. The molecule has 0 radical (unpaired) electrons. The zero-order valence-electron chi connectivity index (χ0n) is 13.0. The van der Waals surface area contributed by atoms with Gasteiger partial charge in [0.2, 0.25) is 0 Å². The molecule has 0 saturated carbocycles. The summed E-state index contributed by atoms with van der Waals surface area (Å²) in [5, 5.41) is 7.66. The Morgan fingerprint density at radius 3 is 2.48 bits per heavy atom. The van der Waals surface area contributed by atoms with Crippen LogP contribution in [0.5, 0.6) is 0 Å². The van der Waals surface area contributed by atoms with Crippen molar-refractivity contribution in [1.29, 1.82) is 5.41 Å². The van der Waals surface area contributed by atoms with Gasteiger partial charge in [-0.05, 0) is 47.3 Å². The van der Waals surface area contributed by atoms with E-state index in [2.05, 4.69) is 15.9 Å². The van der Waals surface area contributed by atoms with Crippen LogP contribution in [-0.2, 0) is 0 Å². The van der Waals surface area contributed by atoms with Crippen LogP contribution in [0.25, 0.3) is 0 Å². The molecule has 1 aromatic rings. The molecule has 0 aliphatic rings. The highest BCUT2D eigenvalue weighted by atomic mass is 79.9. The fourth-order valence-electron chi connectivity index (χ4n) is 2.14. The number of carbonyl (C=O) groups is 1. The van der Waals surface area contributed by atoms with Crippen LogP contribution in [0, 0.1) is 18.3 Å². The Morgan fingerprint density at radius 1 is 1.43 bits per heavy atom. The predicted octanol–water partition coefficient (Wildman–Crippen LogP) is 3.56. The van der Waals surface area contributed by atoms with E-state index in [4.69, 9.17) is 11.1 Å². The van der Waals surface area contributed by atoms with Crippen LogP contribution in [0.1, 0.15) is 26.3 Å². The summed E-state index contributed by atoms with van der Waals surface area (Å²) in [4.78, 5) is 15.7. The number of urea groups is 1. The Kier molecular flexibility index (Phi) is 6.20. The first-order valence-electron chi connectivity index (χ1n) is 6.97. The maximum Gasteiger partial charge on any atom is 0.331 e. The Hall–Kier alpha value is -1.56. The Labute approximate surface area is 134 Å². The lowest BCUT2D eigenvalue weighted by atomic mass is 10.2. The molecule has 0 unspecified atom stereocenters. The normalized spacial score (nSPS) is 10.6. The number of hydrogen-bond acceptors (Lipinski definition) is 2. The third kappa shape index (κ3) is 4.20. The average molecular weight is 355 g/mol. The Morgan fingerprint density at radius 2 is 2.05 bits per heavy atom. The van der Waals surface area contributed by atoms with Gasteiger partial charge < -0.3 is 5.73 Å². The van der Waals surface area contributed by atoms with Crippen molar-refractivity contribution in [1.82, 2.24) is 4.90 Å². The number of rotatable bonds is 4. The van der Waals surface area contributed by atoms with Gasteiger partial charge in [0, 0.05) is 17.6 Å². The van der Waals surface area contributed by atoms with E-state index in [0.29, 0.717) is 13.1 Å². The number of halogens is 1. The monoisotopic (exact) mass is 354 g/mol. The van der Waals surface area contributed by atoms with Crippen LogP contribution in [0.4, 0.5) is 10.5 Å². The van der Waals surface area contributed by atoms with Gasteiger partial charge in [0.15, 0.2) is 5.96 Å². The second kappa shape index (κ2) is 7.45. The van der Waals surface area contributed by atoms with Crippen molar-refractivity contribution < 1.29 is 4.79 Å². The molecule has 0 saturated heterocycles. The molecule has 2 amide bonds. The molecular formula is C15H23BrN4O. The van der Waals surface area contributed by atoms with Crippen molar-refractivity contribution in [2.24, 2.45) is 11.7 Å². The van der Waals surface area contributed by atoms with E-state index in [1.54, 1.807) is 4.90 Å². The molecular weight excluding hydrogens is 332 g/mol. The lowest BCUT2D eigenvalue weighted by molar-refractivity contribution is 0.222. The molecule has 116 valence electrons. The summed E-state index contributed by atoms with van der Waals surface area (Å²) in [6, 6.07) is 5.52. The molecule has 3 N–H and O–H groups in total. The molecule has 5 nitrogen and oxygen atoms in total. The van der Waals surface area contributed by atoms with Gasteiger partial charge in [0.25, 0.3) is 0 Å². The van der Waals surface area contributed by atoms with E-state index in [9.17, 15) is 4.79 Å². The van der Waals surface area contributed by atoms with Gasteiger partial charge in [-0.2, -0.15) is 0 Å². The summed E-state index contributed by atoms with van der Waals surface area (Å²) in [7, 11) is 0. The van der Waals surface area contributed by atoms with Gasteiger partial charge in [-0.3, -0.25) is 15.2 Å². The lowest BCUT2D eigenvalue weighted by Gasteiger charge is -2.31. The highest BCUT2D eigenvalue weighted by molar-refractivity contribution is 9.10. The standard InChI is InChI=1S/C15H23BrN4O/c1-5-19(13-11(4)7-6-8-12(13)16)15(21)20(14(17)18)9-10(2)3/h6-8,10H,5,9H2,1-4H3,(H3,17,18). The molecule has 0 bridgehead atoms. The predicted molar refractivity (Wildman–Crippen MR) is 90.8 cm³/mol. The largest absolute Gasteiger partial charge is 0.370 e. The van der Waals surface area contributed by atoms with Crippen molar-refractivity contribution in [3.63, 3.8) is 0 Å². The van der Waals surface area contributed by atoms with Crippen LogP contribution in [-0.4, -0.2) is 30.0 Å². The maximum absolute atomic E-state index is 12.8. The number of anilines is 1. The van der Waals surface area contributed by atoms with Crippen LogP contribution in [0.3, 0.4) is 0 Å². The molecule has 6 heteroatoms. The number of para-hydroxylation sites is 1. The highest BCUT2D eigenvalue weighted by Gasteiger charge is 2.26. The molecule has 0 aromatic heterocycles. The Bertz CT molecular complexity index is 510. The molecule has 0 aliphatic heterocycles. The van der Waals surface area contributed by atoms with E-state index in [1.807, 2.05) is 45.9 Å². The van der Waals surface area contributed by atoms with Gasteiger partial charge in [-0.25, -0.2) is 4.79 Å². The number of amides is 2. The minimum absolute atomic E-state index is 0.225. The number of nitrogens with zero attached hydrogens (tertiary/aromatic N) is 2. The fraction of sp³-hybridized carbons (Fsp3) is 0.467. The smallest absolute Gasteiger partial charge is 0.331 e. The second-order valence-corrected chi connectivity index (χ2v) is 6.18. The quantitative estimate of drug-likeness (QED) is 0.640. The molecule has 0 fully saturated rings. The summed E-state index contributed by atoms with van der Waals surface area (Å²) in [6.07, 6.45) is 0. The summed E-state index contributed by atoms with van der Waals surface area (Å²) >= 11 is 3.50. The number of benzene rings is 1.